The second-order valence-corrected chi connectivity index (χ2v) is 3.46. The van der Waals surface area contributed by atoms with Crippen LogP contribution in [0.15, 0.2) is 18.2 Å². The van der Waals surface area contributed by atoms with Gasteiger partial charge in [0.2, 0.25) is 0 Å². The van der Waals surface area contributed by atoms with Gasteiger partial charge in [0.05, 0.1) is 5.02 Å². The standard InChI is InChI=1S/C10H9ClO2/c11-8-5-1-3-7-4-2-6-9(12)13-10(7)8/h1,3,5H,2,4,6H2. The first-order valence-corrected chi connectivity index (χ1v) is 4.63. The van der Waals surface area contributed by atoms with Gasteiger partial charge in [-0.2, -0.15) is 0 Å². The van der Waals surface area contributed by atoms with Gasteiger partial charge >= 0.3 is 5.97 Å². The van der Waals surface area contributed by atoms with Crippen molar-refractivity contribution in [2.24, 2.45) is 0 Å². The largest absolute Gasteiger partial charge is 0.425 e. The molecule has 13 heavy (non-hydrogen) atoms. The highest BCUT2D eigenvalue weighted by atomic mass is 35.5. The highest BCUT2D eigenvalue weighted by molar-refractivity contribution is 6.32. The summed E-state index contributed by atoms with van der Waals surface area (Å²) >= 11 is 5.90. The number of hydrogen-bond donors (Lipinski definition) is 0. The summed E-state index contributed by atoms with van der Waals surface area (Å²) in [5.41, 5.74) is 1.03. The van der Waals surface area contributed by atoms with Gasteiger partial charge < -0.3 is 4.74 Å². The lowest BCUT2D eigenvalue weighted by atomic mass is 10.1. The third-order valence-corrected chi connectivity index (χ3v) is 2.39. The summed E-state index contributed by atoms with van der Waals surface area (Å²) in [6, 6.07) is 5.55. The van der Waals surface area contributed by atoms with Crippen molar-refractivity contribution in [3.63, 3.8) is 0 Å². The smallest absolute Gasteiger partial charge is 0.311 e. The van der Waals surface area contributed by atoms with Gasteiger partial charge in [0.25, 0.3) is 0 Å². The summed E-state index contributed by atoms with van der Waals surface area (Å²) < 4.78 is 5.12. The van der Waals surface area contributed by atoms with Crippen molar-refractivity contribution in [3.05, 3.63) is 28.8 Å². The minimum atomic E-state index is -0.188. The molecule has 68 valence electrons. The predicted molar refractivity (Wildman–Crippen MR) is 50.0 cm³/mol. The number of carbonyl (C=O) groups is 1. The molecule has 1 heterocycles. The molecule has 1 aliphatic heterocycles. The van der Waals surface area contributed by atoms with Crippen molar-refractivity contribution in [1.29, 1.82) is 0 Å². The van der Waals surface area contributed by atoms with Crippen LogP contribution in [-0.2, 0) is 11.2 Å². The first-order valence-electron chi connectivity index (χ1n) is 4.25. The van der Waals surface area contributed by atoms with E-state index in [1.807, 2.05) is 12.1 Å². The molecule has 0 spiro atoms. The van der Waals surface area contributed by atoms with Crippen LogP contribution in [0.25, 0.3) is 0 Å². The zero-order valence-corrected chi connectivity index (χ0v) is 7.80. The molecule has 0 bridgehead atoms. The highest BCUT2D eigenvalue weighted by Crippen LogP contribution is 2.31. The summed E-state index contributed by atoms with van der Waals surface area (Å²) in [7, 11) is 0. The molecule has 3 heteroatoms. The fourth-order valence-corrected chi connectivity index (χ4v) is 1.69. The Kier molecular flexibility index (Phi) is 2.23. The zero-order chi connectivity index (χ0) is 9.26. The van der Waals surface area contributed by atoms with Gasteiger partial charge in [0, 0.05) is 6.42 Å². The SMILES string of the molecule is O=C1CCCc2cccc(Cl)c2O1. The number of halogens is 1. The number of aryl methyl sites for hydroxylation is 1. The number of ether oxygens (including phenoxy) is 1. The first-order chi connectivity index (χ1) is 6.27. The molecule has 0 radical (unpaired) electrons. The van der Waals surface area contributed by atoms with Crippen molar-refractivity contribution in [2.75, 3.05) is 0 Å². The molecule has 2 rings (SSSR count). The fraction of sp³-hybridized carbons (Fsp3) is 0.300. The van der Waals surface area contributed by atoms with E-state index in [-0.39, 0.29) is 5.97 Å². The van der Waals surface area contributed by atoms with Crippen LogP contribution < -0.4 is 4.74 Å². The summed E-state index contributed by atoms with van der Waals surface area (Å²) in [5, 5.41) is 0.521. The number of fused-ring (bicyclic) bond motifs is 1. The molecule has 0 saturated heterocycles. The fourth-order valence-electron chi connectivity index (χ4n) is 1.45. The van der Waals surface area contributed by atoms with E-state index >= 15 is 0 Å². The molecule has 1 aromatic carbocycles. The van der Waals surface area contributed by atoms with E-state index in [9.17, 15) is 4.79 Å². The molecular formula is C10H9ClO2. The number of carbonyl (C=O) groups excluding carboxylic acids is 1. The van der Waals surface area contributed by atoms with E-state index in [1.54, 1.807) is 6.07 Å². The molecule has 0 aliphatic carbocycles. The first kappa shape index (κ1) is 8.57. The Morgan fingerprint density at radius 3 is 3.00 bits per heavy atom. The Morgan fingerprint density at radius 2 is 2.15 bits per heavy atom. The molecule has 0 amide bonds. The summed E-state index contributed by atoms with van der Waals surface area (Å²) in [6.45, 7) is 0. The van der Waals surface area contributed by atoms with Crippen LogP contribution in [0.2, 0.25) is 5.02 Å². The van der Waals surface area contributed by atoms with Crippen molar-refractivity contribution < 1.29 is 9.53 Å². The number of benzene rings is 1. The van der Waals surface area contributed by atoms with Crippen LogP contribution in [0.4, 0.5) is 0 Å². The molecule has 1 aliphatic rings. The van der Waals surface area contributed by atoms with Gasteiger partial charge in [-0.1, -0.05) is 23.7 Å². The van der Waals surface area contributed by atoms with E-state index in [0.29, 0.717) is 17.2 Å². The van der Waals surface area contributed by atoms with Crippen molar-refractivity contribution in [2.45, 2.75) is 19.3 Å². The molecule has 0 aromatic heterocycles. The quantitative estimate of drug-likeness (QED) is 0.471. The summed E-state index contributed by atoms with van der Waals surface area (Å²) in [5.74, 6) is 0.360. The van der Waals surface area contributed by atoms with E-state index in [1.165, 1.54) is 0 Å². The van der Waals surface area contributed by atoms with Crippen LogP contribution in [0.3, 0.4) is 0 Å². The normalized spacial score (nSPS) is 15.9. The molecule has 0 saturated carbocycles. The number of esters is 1. The lowest BCUT2D eigenvalue weighted by Gasteiger charge is -2.06. The number of para-hydroxylation sites is 1. The second-order valence-electron chi connectivity index (χ2n) is 3.06. The number of rotatable bonds is 0. The Bertz CT molecular complexity index is 347. The molecule has 0 unspecified atom stereocenters. The summed E-state index contributed by atoms with van der Waals surface area (Å²) in [6.07, 6.45) is 2.18. The molecule has 0 N–H and O–H groups in total. The van der Waals surface area contributed by atoms with Gasteiger partial charge in [0.1, 0.15) is 0 Å². The van der Waals surface area contributed by atoms with Crippen molar-refractivity contribution in [3.8, 4) is 5.75 Å². The monoisotopic (exact) mass is 196 g/mol. The highest BCUT2D eigenvalue weighted by Gasteiger charge is 2.16. The topological polar surface area (TPSA) is 26.3 Å². The third-order valence-electron chi connectivity index (χ3n) is 2.09. The maximum atomic E-state index is 11.1. The number of hydrogen-bond acceptors (Lipinski definition) is 2. The predicted octanol–water partition coefficient (Wildman–Crippen LogP) is 2.58. The molecule has 1 aromatic rings. The van der Waals surface area contributed by atoms with Gasteiger partial charge in [-0.05, 0) is 24.5 Å². The average molecular weight is 197 g/mol. The van der Waals surface area contributed by atoms with Gasteiger partial charge in [0.15, 0.2) is 5.75 Å². The Hall–Kier alpha value is -1.02. The van der Waals surface area contributed by atoms with Crippen LogP contribution >= 0.6 is 11.6 Å². The lowest BCUT2D eigenvalue weighted by Crippen LogP contribution is -2.05. The second kappa shape index (κ2) is 3.38. The Labute approximate surface area is 81.5 Å². The minimum absolute atomic E-state index is 0.188. The van der Waals surface area contributed by atoms with Gasteiger partial charge in [-0.3, -0.25) is 4.79 Å². The van der Waals surface area contributed by atoms with Gasteiger partial charge in [-0.25, -0.2) is 0 Å². The minimum Gasteiger partial charge on any atom is -0.425 e. The van der Waals surface area contributed by atoms with Gasteiger partial charge in [-0.15, -0.1) is 0 Å². The molecule has 0 atom stereocenters. The van der Waals surface area contributed by atoms with E-state index < -0.39 is 0 Å². The van der Waals surface area contributed by atoms with Crippen LogP contribution in [-0.4, -0.2) is 5.97 Å². The van der Waals surface area contributed by atoms with E-state index in [2.05, 4.69) is 0 Å². The van der Waals surface area contributed by atoms with Crippen LogP contribution in [0, 0.1) is 0 Å². The maximum absolute atomic E-state index is 11.1. The van der Waals surface area contributed by atoms with Crippen LogP contribution in [0.5, 0.6) is 5.75 Å². The van der Waals surface area contributed by atoms with Crippen LogP contribution in [0.1, 0.15) is 18.4 Å². The zero-order valence-electron chi connectivity index (χ0n) is 7.05. The Morgan fingerprint density at radius 1 is 1.31 bits per heavy atom. The average Bonchev–Trinajstić information content (AvgIpc) is 2.28. The van der Waals surface area contributed by atoms with E-state index in [0.717, 1.165) is 18.4 Å². The van der Waals surface area contributed by atoms with Crippen molar-refractivity contribution >= 4 is 17.6 Å². The maximum Gasteiger partial charge on any atom is 0.311 e. The van der Waals surface area contributed by atoms with Crippen molar-refractivity contribution in [1.82, 2.24) is 0 Å². The Balaban J connectivity index is 2.46. The molecule has 2 nitrogen and oxygen atoms in total. The van der Waals surface area contributed by atoms with E-state index in [4.69, 9.17) is 16.3 Å². The molecule has 0 fully saturated rings. The third kappa shape index (κ3) is 1.68. The summed E-state index contributed by atoms with van der Waals surface area (Å²) in [4.78, 5) is 11.1. The molecular weight excluding hydrogens is 188 g/mol. The lowest BCUT2D eigenvalue weighted by molar-refractivity contribution is -0.134.